The molecular weight excluding hydrogens is 893 g/mol. The van der Waals surface area contributed by atoms with Crippen molar-refractivity contribution >= 4 is 35.1 Å². The Morgan fingerprint density at radius 2 is 1.41 bits per heavy atom. The molecule has 0 aliphatic carbocycles. The number of quaternary nitrogens is 1. The van der Waals surface area contributed by atoms with E-state index in [0.717, 1.165) is 16.7 Å². The third-order valence-electron chi connectivity index (χ3n) is 13.0. The van der Waals surface area contributed by atoms with Crippen molar-refractivity contribution in [3.05, 3.63) is 107 Å². The summed E-state index contributed by atoms with van der Waals surface area (Å²) in [6.45, 7) is 13.9. The summed E-state index contributed by atoms with van der Waals surface area (Å²) in [4.78, 5) is 83.5. The zero-order chi connectivity index (χ0) is 50.3. The lowest BCUT2D eigenvalue weighted by Gasteiger charge is -2.41. The van der Waals surface area contributed by atoms with E-state index in [1.807, 2.05) is 94.4 Å². The summed E-state index contributed by atoms with van der Waals surface area (Å²) >= 11 is 0. The molecule has 3 N–H and O–H groups in total. The molecule has 1 aromatic heterocycles. The van der Waals surface area contributed by atoms with E-state index < -0.39 is 47.3 Å². The second kappa shape index (κ2) is 25.1. The number of nitrogens with zero attached hydrogens (tertiary/aromatic N) is 3. The number of carbonyl (C=O) groups is 6. The molecule has 2 fully saturated rings. The zero-order valence-corrected chi connectivity index (χ0v) is 41.6. The van der Waals surface area contributed by atoms with Crippen LogP contribution in [-0.4, -0.2) is 112 Å². The quantitative estimate of drug-likeness (QED) is 0.0255. The number of H-pyrrole nitrogens is 1. The molecule has 2 amide bonds. The molecule has 3 aromatic carbocycles. The third kappa shape index (κ3) is 16.2. The molecule has 5 atom stereocenters. The highest BCUT2D eigenvalue weighted by Gasteiger charge is 2.50. The molecule has 70 heavy (non-hydrogen) atoms. The van der Waals surface area contributed by atoms with E-state index in [4.69, 9.17) is 18.9 Å². The second-order valence-corrected chi connectivity index (χ2v) is 20.1. The summed E-state index contributed by atoms with van der Waals surface area (Å²) in [6, 6.07) is 22.9. The average Bonchev–Trinajstić information content (AvgIpc) is 3.85. The molecule has 16 nitrogen and oxygen atoms in total. The molecule has 0 radical (unpaired) electrons. The van der Waals surface area contributed by atoms with Gasteiger partial charge in [0.05, 0.1) is 38.1 Å². The molecule has 0 bridgehead atoms. The van der Waals surface area contributed by atoms with Gasteiger partial charge in [-0.25, -0.2) is 0 Å². The lowest BCUT2D eigenvalue weighted by Crippen LogP contribution is -2.57. The fourth-order valence-electron chi connectivity index (χ4n) is 9.15. The van der Waals surface area contributed by atoms with Crippen LogP contribution >= 0.6 is 0 Å². The van der Waals surface area contributed by atoms with Crippen LogP contribution in [0.5, 0.6) is 11.5 Å². The van der Waals surface area contributed by atoms with Crippen molar-refractivity contribution in [3.63, 3.8) is 0 Å². The van der Waals surface area contributed by atoms with Crippen LogP contribution in [0.2, 0.25) is 0 Å². The fraction of sp³-hybridized carbons (Fsp3) is 0.519. The predicted octanol–water partition coefficient (Wildman–Crippen LogP) is 6.10. The molecule has 376 valence electrons. The summed E-state index contributed by atoms with van der Waals surface area (Å²) in [5.41, 5.74) is 2.35. The number of rotatable bonds is 28. The molecule has 16 heteroatoms. The number of epoxide rings is 1. The predicted molar refractivity (Wildman–Crippen MR) is 261 cm³/mol. The van der Waals surface area contributed by atoms with E-state index in [2.05, 4.69) is 26.0 Å². The van der Waals surface area contributed by atoms with Crippen LogP contribution in [-0.2, 0) is 64.2 Å². The topological polar surface area (TPSA) is 208 Å². The number of amides is 2. The van der Waals surface area contributed by atoms with Gasteiger partial charge in [0.1, 0.15) is 44.1 Å². The molecule has 6 rings (SSSR count). The number of morpholine rings is 1. The molecule has 2 saturated heterocycles. The highest BCUT2D eigenvalue weighted by molar-refractivity contribution is 5.98. The van der Waals surface area contributed by atoms with Gasteiger partial charge < -0.3 is 34.1 Å². The lowest BCUT2D eigenvalue weighted by molar-refractivity contribution is -0.940. The normalized spacial score (nSPS) is 18.0. The van der Waals surface area contributed by atoms with Crippen LogP contribution in [0, 0.1) is 23.7 Å². The number of hydrogen-bond acceptors (Lipinski definition) is 12. The second-order valence-electron chi connectivity index (χ2n) is 20.1. The van der Waals surface area contributed by atoms with Crippen LogP contribution in [0.4, 0.5) is 0 Å². The van der Waals surface area contributed by atoms with Gasteiger partial charge in [-0.15, -0.1) is 0 Å². The summed E-state index contributed by atoms with van der Waals surface area (Å²) in [7, 11) is 0. The lowest BCUT2D eigenvalue weighted by atomic mass is 9.87. The summed E-state index contributed by atoms with van der Waals surface area (Å²) < 4.78 is 23.1. The number of ketones is 3. The molecule has 0 unspecified atom stereocenters. The van der Waals surface area contributed by atoms with Gasteiger partial charge in [-0.1, -0.05) is 88.4 Å². The van der Waals surface area contributed by atoms with E-state index in [0.29, 0.717) is 81.1 Å². The standard InChI is InChI=1S/C54H70N6O10/c1-36(2)25-46(48(63)30-43(27-40-15-11-8-12-16-40)53(66)57-47(26-37(3)4)51(64)54(6)35-69-54)56-52(65)42(19-17-39-13-9-7-10-14-39)29-45(62)33-60(21-23-67-24-22-60)32-41-18-20-49(70-38(5)61)50(28-41)68-34-44-31-55-59-58-44/h7-16,18,20,28,31,36-37,42-43,46-47H,17,19,21-27,29-30,32-35H2,1-6H3,(H2-,55,56,57,58,59,65,66)/p+1/t42-,43-,46+,47+,54-/m1/s1. The van der Waals surface area contributed by atoms with E-state index >= 15 is 0 Å². The Kier molecular flexibility index (Phi) is 19.1. The molecule has 2 aliphatic rings. The number of nitrogens with one attached hydrogen (secondary N) is 3. The SMILES string of the molecule is CC(=O)Oc1ccc(C[N+]2(CC(=O)C[C@@H](CCc3ccccc3)C(=O)N[C@@H](CC(C)C)C(=O)C[C@@H](Cc3ccccc3)C(=O)N[C@@H](CC(C)C)C(=O)[C@@]3(C)CO3)CCOCC2)cc1OCc1cn[nH]n1. The largest absolute Gasteiger partial charge is 0.483 e. The van der Waals surface area contributed by atoms with Crippen molar-refractivity contribution in [2.45, 2.75) is 117 Å². The number of aryl methyl sites for hydroxylation is 1. The van der Waals surface area contributed by atoms with Gasteiger partial charge in [-0.3, -0.25) is 28.8 Å². The average molecular weight is 964 g/mol. The summed E-state index contributed by atoms with van der Waals surface area (Å²) in [5.74, 6) is -2.75. The van der Waals surface area contributed by atoms with Crippen molar-refractivity contribution < 1.29 is 52.2 Å². The first-order chi connectivity index (χ1) is 33.5. The number of aromatic amines is 1. The monoisotopic (exact) mass is 964 g/mol. The Morgan fingerprint density at radius 3 is 2.03 bits per heavy atom. The fourth-order valence-corrected chi connectivity index (χ4v) is 9.15. The maximum Gasteiger partial charge on any atom is 0.308 e. The number of Topliss-reactive ketones (excluding diaryl/α,β-unsaturated/α-hetero) is 3. The van der Waals surface area contributed by atoms with Crippen LogP contribution in [0.25, 0.3) is 0 Å². The van der Waals surface area contributed by atoms with Gasteiger partial charge in [0, 0.05) is 37.2 Å². The Labute approximate surface area is 411 Å². The van der Waals surface area contributed by atoms with E-state index in [1.54, 1.807) is 19.1 Å². The summed E-state index contributed by atoms with van der Waals surface area (Å²) in [5, 5.41) is 16.5. The number of esters is 1. The molecule has 4 aromatic rings. The Hall–Kier alpha value is -6.10. The Balaban J connectivity index is 1.20. The Bertz CT molecular complexity index is 2360. The zero-order valence-electron chi connectivity index (χ0n) is 41.6. The van der Waals surface area contributed by atoms with Gasteiger partial charge >= 0.3 is 5.97 Å². The number of aromatic nitrogens is 3. The van der Waals surface area contributed by atoms with Gasteiger partial charge in [-0.2, -0.15) is 15.4 Å². The summed E-state index contributed by atoms with van der Waals surface area (Å²) in [6.07, 6.45) is 3.22. The van der Waals surface area contributed by atoms with Gasteiger partial charge in [0.25, 0.3) is 0 Å². The minimum atomic E-state index is -0.938. The van der Waals surface area contributed by atoms with Gasteiger partial charge in [0.15, 0.2) is 28.8 Å². The van der Waals surface area contributed by atoms with Crippen molar-refractivity contribution in [1.82, 2.24) is 26.0 Å². The minimum Gasteiger partial charge on any atom is -0.483 e. The molecular formula is C54H71N6O10+. The molecule has 3 heterocycles. The first-order valence-corrected chi connectivity index (χ1v) is 24.6. The van der Waals surface area contributed by atoms with Crippen molar-refractivity contribution in [2.24, 2.45) is 23.7 Å². The maximum atomic E-state index is 14.7. The van der Waals surface area contributed by atoms with Crippen LogP contribution in [0.3, 0.4) is 0 Å². The third-order valence-corrected chi connectivity index (χ3v) is 13.0. The number of hydrogen-bond donors (Lipinski definition) is 3. The van der Waals surface area contributed by atoms with Crippen LogP contribution in [0.15, 0.2) is 85.1 Å². The van der Waals surface area contributed by atoms with Crippen LogP contribution in [0.1, 0.15) is 96.0 Å². The minimum absolute atomic E-state index is 0.00869. The highest BCUT2D eigenvalue weighted by atomic mass is 16.6. The first-order valence-electron chi connectivity index (χ1n) is 24.6. The smallest absolute Gasteiger partial charge is 0.308 e. The molecule has 0 saturated carbocycles. The van der Waals surface area contributed by atoms with Crippen molar-refractivity contribution in [1.29, 1.82) is 0 Å². The molecule has 0 spiro atoms. The number of carbonyl (C=O) groups excluding carboxylic acids is 6. The number of ether oxygens (including phenoxy) is 4. The Morgan fingerprint density at radius 1 is 0.786 bits per heavy atom. The maximum absolute atomic E-state index is 14.7. The van der Waals surface area contributed by atoms with Gasteiger partial charge in [0.2, 0.25) is 11.8 Å². The highest BCUT2D eigenvalue weighted by Crippen LogP contribution is 2.33. The van der Waals surface area contributed by atoms with Crippen molar-refractivity contribution in [2.75, 3.05) is 39.5 Å². The van der Waals surface area contributed by atoms with Crippen LogP contribution < -0.4 is 20.1 Å². The van der Waals surface area contributed by atoms with Crippen molar-refractivity contribution in [3.8, 4) is 11.5 Å². The van der Waals surface area contributed by atoms with Gasteiger partial charge in [-0.05, 0) is 80.2 Å². The van der Waals surface area contributed by atoms with E-state index in [9.17, 15) is 28.8 Å². The van der Waals surface area contributed by atoms with E-state index in [1.165, 1.54) is 13.1 Å². The molecule has 2 aliphatic heterocycles. The van der Waals surface area contributed by atoms with E-state index in [-0.39, 0.29) is 67.3 Å². The number of benzene rings is 3. The first kappa shape index (κ1) is 53.3.